The molecule has 24 heavy (non-hydrogen) atoms. The molecule has 3 aromatic rings. The molecule has 1 unspecified atom stereocenters. The molecule has 0 saturated heterocycles. The molecule has 1 amide bonds. The summed E-state index contributed by atoms with van der Waals surface area (Å²) in [6, 6.07) is 11.1. The molecule has 122 valence electrons. The van der Waals surface area contributed by atoms with E-state index in [2.05, 4.69) is 10.3 Å². The number of carbonyl (C=O) groups excluding carboxylic acids is 1. The maximum absolute atomic E-state index is 13.1. The van der Waals surface area contributed by atoms with Crippen molar-refractivity contribution in [2.24, 2.45) is 0 Å². The van der Waals surface area contributed by atoms with Crippen LogP contribution in [0.25, 0.3) is 10.8 Å². The largest absolute Gasteiger partial charge is 0.480 e. The van der Waals surface area contributed by atoms with Crippen LogP contribution in [0.3, 0.4) is 0 Å². The number of aromatic nitrogens is 1. The monoisotopic (exact) mass is 344 g/mol. The highest BCUT2D eigenvalue weighted by atomic mass is 35.5. The summed E-state index contributed by atoms with van der Waals surface area (Å²) in [6.45, 7) is 1.63. The van der Waals surface area contributed by atoms with E-state index in [9.17, 15) is 9.18 Å². The Morgan fingerprint density at radius 2 is 2.12 bits per heavy atom. The van der Waals surface area contributed by atoms with E-state index in [1.165, 1.54) is 12.1 Å². The highest BCUT2D eigenvalue weighted by Crippen LogP contribution is 2.26. The van der Waals surface area contributed by atoms with Gasteiger partial charge in [0.15, 0.2) is 6.10 Å². The minimum atomic E-state index is -0.759. The van der Waals surface area contributed by atoms with Crippen molar-refractivity contribution < 1.29 is 13.9 Å². The molecule has 0 saturated carbocycles. The number of nitrogens with one attached hydrogen (secondary N) is 1. The molecule has 1 atom stereocenters. The Bertz CT molecular complexity index is 896. The van der Waals surface area contributed by atoms with E-state index >= 15 is 0 Å². The van der Waals surface area contributed by atoms with Crippen LogP contribution in [0.2, 0.25) is 5.02 Å². The normalized spacial score (nSPS) is 12.0. The van der Waals surface area contributed by atoms with Gasteiger partial charge in [-0.2, -0.15) is 0 Å². The van der Waals surface area contributed by atoms with Gasteiger partial charge in [-0.3, -0.25) is 9.78 Å². The number of amides is 1. The predicted molar refractivity (Wildman–Crippen MR) is 91.9 cm³/mol. The van der Waals surface area contributed by atoms with Gasteiger partial charge in [-0.15, -0.1) is 0 Å². The van der Waals surface area contributed by atoms with Gasteiger partial charge in [0, 0.05) is 23.2 Å². The highest BCUT2D eigenvalue weighted by Gasteiger charge is 2.17. The molecule has 6 heteroatoms. The van der Waals surface area contributed by atoms with Gasteiger partial charge < -0.3 is 10.1 Å². The Hall–Kier alpha value is -2.66. The molecule has 0 spiro atoms. The van der Waals surface area contributed by atoms with Gasteiger partial charge >= 0.3 is 0 Å². The fourth-order valence-corrected chi connectivity index (χ4v) is 2.48. The molecule has 4 nitrogen and oxygen atoms in total. The zero-order valence-electron chi connectivity index (χ0n) is 12.8. The second-order valence-electron chi connectivity index (χ2n) is 5.23. The van der Waals surface area contributed by atoms with Crippen LogP contribution in [0.5, 0.6) is 5.75 Å². The first-order chi connectivity index (χ1) is 11.5. The van der Waals surface area contributed by atoms with Crippen LogP contribution in [0.4, 0.5) is 10.1 Å². The summed E-state index contributed by atoms with van der Waals surface area (Å²) in [5.74, 6) is -0.260. The minimum Gasteiger partial charge on any atom is -0.480 e. The first kappa shape index (κ1) is 16.2. The Morgan fingerprint density at radius 1 is 1.29 bits per heavy atom. The molecule has 1 aromatic heterocycles. The third kappa shape index (κ3) is 3.46. The van der Waals surface area contributed by atoms with Crippen LogP contribution in [-0.2, 0) is 4.79 Å². The molecule has 0 radical (unpaired) electrons. The summed E-state index contributed by atoms with van der Waals surface area (Å²) in [5, 5.41) is 4.55. The third-order valence-corrected chi connectivity index (χ3v) is 3.82. The lowest BCUT2D eigenvalue weighted by molar-refractivity contribution is -0.122. The number of anilines is 1. The summed E-state index contributed by atoms with van der Waals surface area (Å²) >= 11 is 5.91. The number of nitrogens with zero attached hydrogens (tertiary/aromatic N) is 1. The van der Waals surface area contributed by atoms with Crippen LogP contribution < -0.4 is 10.1 Å². The van der Waals surface area contributed by atoms with Crippen molar-refractivity contribution >= 4 is 34.0 Å². The average molecular weight is 345 g/mol. The predicted octanol–water partition coefficient (Wildman–Crippen LogP) is 4.43. The molecule has 2 aromatic carbocycles. The zero-order chi connectivity index (χ0) is 17.1. The van der Waals surface area contributed by atoms with E-state index in [1.807, 2.05) is 18.2 Å². The standard InChI is InChI=1S/C18H14ClFN2O2/c1-11(18(23)22-16-6-5-13(20)9-15(16)19)24-17-4-2-3-12-10-21-8-7-14(12)17/h2-11H,1H3,(H,22,23). The molecular weight excluding hydrogens is 331 g/mol. The van der Waals surface area contributed by atoms with E-state index in [0.717, 1.165) is 16.8 Å². The maximum atomic E-state index is 13.1. The first-order valence-corrected chi connectivity index (χ1v) is 7.68. The molecule has 0 bridgehead atoms. The maximum Gasteiger partial charge on any atom is 0.265 e. The minimum absolute atomic E-state index is 0.131. The number of pyridine rings is 1. The molecule has 0 aliphatic heterocycles. The van der Waals surface area contributed by atoms with Crippen molar-refractivity contribution in [3.8, 4) is 5.75 Å². The van der Waals surface area contributed by atoms with Gasteiger partial charge in [0.1, 0.15) is 11.6 Å². The van der Waals surface area contributed by atoms with E-state index < -0.39 is 11.9 Å². The second kappa shape index (κ2) is 6.84. The molecule has 3 rings (SSSR count). The highest BCUT2D eigenvalue weighted by molar-refractivity contribution is 6.33. The Morgan fingerprint density at radius 3 is 2.92 bits per heavy atom. The van der Waals surface area contributed by atoms with Gasteiger partial charge in [-0.25, -0.2) is 4.39 Å². The van der Waals surface area contributed by atoms with Gasteiger partial charge in [0.25, 0.3) is 5.91 Å². The molecule has 1 heterocycles. The van der Waals surface area contributed by atoms with Crippen molar-refractivity contribution in [2.75, 3.05) is 5.32 Å². The van der Waals surface area contributed by atoms with Crippen molar-refractivity contribution in [3.05, 3.63) is 65.7 Å². The first-order valence-electron chi connectivity index (χ1n) is 7.30. The average Bonchev–Trinajstić information content (AvgIpc) is 2.57. The van der Waals surface area contributed by atoms with Gasteiger partial charge in [0.05, 0.1) is 10.7 Å². The molecule has 0 aliphatic rings. The Labute approximate surface area is 143 Å². The van der Waals surface area contributed by atoms with Crippen molar-refractivity contribution in [1.29, 1.82) is 0 Å². The Balaban J connectivity index is 1.76. The summed E-state index contributed by atoms with van der Waals surface area (Å²) < 4.78 is 18.8. The lowest BCUT2D eigenvalue weighted by Crippen LogP contribution is -2.30. The van der Waals surface area contributed by atoms with Crippen molar-refractivity contribution in [1.82, 2.24) is 4.98 Å². The molecule has 0 aliphatic carbocycles. The van der Waals surface area contributed by atoms with Gasteiger partial charge in [-0.1, -0.05) is 23.7 Å². The van der Waals surface area contributed by atoms with E-state index in [4.69, 9.17) is 16.3 Å². The van der Waals surface area contributed by atoms with Crippen molar-refractivity contribution in [3.63, 3.8) is 0 Å². The number of hydrogen-bond donors (Lipinski definition) is 1. The van der Waals surface area contributed by atoms with E-state index in [-0.39, 0.29) is 10.9 Å². The number of hydrogen-bond acceptors (Lipinski definition) is 3. The summed E-state index contributed by atoms with van der Waals surface area (Å²) in [4.78, 5) is 16.3. The van der Waals surface area contributed by atoms with E-state index in [1.54, 1.807) is 25.4 Å². The van der Waals surface area contributed by atoms with Crippen LogP contribution >= 0.6 is 11.6 Å². The number of fused-ring (bicyclic) bond motifs is 1. The second-order valence-corrected chi connectivity index (χ2v) is 5.63. The van der Waals surface area contributed by atoms with Crippen LogP contribution in [0.15, 0.2) is 54.9 Å². The summed E-state index contributed by atoms with van der Waals surface area (Å²) in [5.41, 5.74) is 0.334. The number of halogens is 2. The zero-order valence-corrected chi connectivity index (χ0v) is 13.5. The fourth-order valence-electron chi connectivity index (χ4n) is 2.26. The SMILES string of the molecule is CC(Oc1cccc2cnccc12)C(=O)Nc1ccc(F)cc1Cl. The number of rotatable bonds is 4. The summed E-state index contributed by atoms with van der Waals surface area (Å²) in [7, 11) is 0. The van der Waals surface area contributed by atoms with Crippen LogP contribution in [0, 0.1) is 5.82 Å². The smallest absolute Gasteiger partial charge is 0.265 e. The van der Waals surface area contributed by atoms with E-state index in [0.29, 0.717) is 11.4 Å². The lowest BCUT2D eigenvalue weighted by Gasteiger charge is -2.16. The number of ether oxygens (including phenoxy) is 1. The molecule has 0 fully saturated rings. The summed E-state index contributed by atoms with van der Waals surface area (Å²) in [6.07, 6.45) is 2.63. The van der Waals surface area contributed by atoms with Crippen molar-refractivity contribution in [2.45, 2.75) is 13.0 Å². The molecule has 1 N–H and O–H groups in total. The topological polar surface area (TPSA) is 51.2 Å². The van der Waals surface area contributed by atoms with Crippen LogP contribution in [-0.4, -0.2) is 17.0 Å². The third-order valence-electron chi connectivity index (χ3n) is 3.50. The van der Waals surface area contributed by atoms with Gasteiger partial charge in [0.2, 0.25) is 0 Å². The van der Waals surface area contributed by atoms with Crippen LogP contribution in [0.1, 0.15) is 6.92 Å². The fraction of sp³-hybridized carbons (Fsp3) is 0.111. The molecular formula is C18H14ClFN2O2. The van der Waals surface area contributed by atoms with Gasteiger partial charge in [-0.05, 0) is 37.3 Å². The quantitative estimate of drug-likeness (QED) is 0.761. The number of carbonyl (C=O) groups is 1. The Kier molecular flexibility index (Phi) is 4.62. The number of benzene rings is 2. The lowest BCUT2D eigenvalue weighted by atomic mass is 10.1.